The predicted molar refractivity (Wildman–Crippen MR) is 91.0 cm³/mol. The zero-order chi connectivity index (χ0) is 17.0. The molecule has 0 atom stereocenters. The molecule has 0 aliphatic rings. The van der Waals surface area contributed by atoms with Gasteiger partial charge in [0.1, 0.15) is 0 Å². The Kier molecular flexibility index (Phi) is 4.84. The number of hydrogen-bond acceptors (Lipinski definition) is 2. The van der Waals surface area contributed by atoms with Crippen molar-refractivity contribution in [3.8, 4) is 0 Å². The summed E-state index contributed by atoms with van der Waals surface area (Å²) in [5, 5.41) is 1.38. The molecule has 4 heteroatoms. The molecule has 0 saturated carbocycles. The Morgan fingerprint density at radius 1 is 0.913 bits per heavy atom. The van der Waals surface area contributed by atoms with Crippen LogP contribution >= 0.6 is 0 Å². The Morgan fingerprint density at radius 2 is 1.52 bits per heavy atom. The number of hydrazine groups is 1. The minimum Gasteiger partial charge on any atom is -0.267 e. The van der Waals surface area contributed by atoms with E-state index in [0.717, 1.165) is 5.56 Å². The smallest absolute Gasteiger partial charge is 0.267 e. The van der Waals surface area contributed by atoms with E-state index in [4.69, 9.17) is 0 Å². The van der Waals surface area contributed by atoms with Gasteiger partial charge in [-0.1, -0.05) is 35.9 Å². The quantitative estimate of drug-likeness (QED) is 0.862. The SMILES string of the molecule is Cc1cccc(C(=O)NN(C(=O)c2ccccc2)C(C)(C)C)c1. The number of nitrogens with zero attached hydrogens (tertiary/aromatic N) is 1. The van der Waals surface area contributed by atoms with Gasteiger partial charge in [-0.05, 0) is 52.0 Å². The maximum absolute atomic E-state index is 12.7. The third-order valence-corrected chi connectivity index (χ3v) is 3.39. The van der Waals surface area contributed by atoms with Gasteiger partial charge in [-0.2, -0.15) is 0 Å². The van der Waals surface area contributed by atoms with Crippen molar-refractivity contribution in [1.29, 1.82) is 0 Å². The van der Waals surface area contributed by atoms with Gasteiger partial charge in [-0.25, -0.2) is 5.01 Å². The van der Waals surface area contributed by atoms with Crippen molar-refractivity contribution >= 4 is 11.8 Å². The third kappa shape index (κ3) is 4.19. The molecule has 4 nitrogen and oxygen atoms in total. The number of carbonyl (C=O) groups excluding carboxylic acids is 2. The van der Waals surface area contributed by atoms with Crippen molar-refractivity contribution < 1.29 is 9.59 Å². The van der Waals surface area contributed by atoms with Crippen LogP contribution in [0.1, 0.15) is 47.1 Å². The average molecular weight is 310 g/mol. The number of aryl methyl sites for hydroxylation is 1. The lowest BCUT2D eigenvalue weighted by Crippen LogP contribution is -2.55. The summed E-state index contributed by atoms with van der Waals surface area (Å²) >= 11 is 0. The second-order valence-corrected chi connectivity index (χ2v) is 6.49. The van der Waals surface area contributed by atoms with E-state index >= 15 is 0 Å². The van der Waals surface area contributed by atoms with Crippen LogP contribution in [0.25, 0.3) is 0 Å². The van der Waals surface area contributed by atoms with E-state index in [1.165, 1.54) is 5.01 Å². The van der Waals surface area contributed by atoms with E-state index in [2.05, 4.69) is 5.43 Å². The summed E-state index contributed by atoms with van der Waals surface area (Å²) in [7, 11) is 0. The molecule has 0 fully saturated rings. The van der Waals surface area contributed by atoms with Crippen molar-refractivity contribution in [1.82, 2.24) is 10.4 Å². The van der Waals surface area contributed by atoms with Gasteiger partial charge in [-0.3, -0.25) is 15.0 Å². The molecular formula is C19H22N2O2. The molecule has 0 saturated heterocycles. The first kappa shape index (κ1) is 16.7. The first-order valence-electron chi connectivity index (χ1n) is 7.56. The zero-order valence-corrected chi connectivity index (χ0v) is 14.0. The highest BCUT2D eigenvalue weighted by molar-refractivity contribution is 5.99. The van der Waals surface area contributed by atoms with Crippen LogP contribution in [-0.4, -0.2) is 22.4 Å². The van der Waals surface area contributed by atoms with E-state index in [1.54, 1.807) is 36.4 Å². The van der Waals surface area contributed by atoms with E-state index in [-0.39, 0.29) is 11.8 Å². The molecule has 0 bridgehead atoms. The third-order valence-electron chi connectivity index (χ3n) is 3.39. The fraction of sp³-hybridized carbons (Fsp3) is 0.263. The average Bonchev–Trinajstić information content (AvgIpc) is 2.51. The summed E-state index contributed by atoms with van der Waals surface area (Å²) in [4.78, 5) is 25.2. The number of amides is 2. The number of hydrogen-bond donors (Lipinski definition) is 1. The molecule has 23 heavy (non-hydrogen) atoms. The summed E-state index contributed by atoms with van der Waals surface area (Å²) in [6, 6.07) is 16.2. The molecule has 0 spiro atoms. The Hall–Kier alpha value is -2.62. The van der Waals surface area contributed by atoms with Crippen molar-refractivity contribution in [2.45, 2.75) is 33.2 Å². The Balaban J connectivity index is 2.27. The molecule has 120 valence electrons. The normalized spacial score (nSPS) is 11.0. The van der Waals surface area contributed by atoms with Crippen LogP contribution in [0.4, 0.5) is 0 Å². The van der Waals surface area contributed by atoms with Gasteiger partial charge in [0.2, 0.25) is 0 Å². The summed E-state index contributed by atoms with van der Waals surface area (Å²) in [5.74, 6) is -0.535. The van der Waals surface area contributed by atoms with Crippen LogP contribution < -0.4 is 5.43 Å². The lowest BCUT2D eigenvalue weighted by atomic mass is 10.1. The predicted octanol–water partition coefficient (Wildman–Crippen LogP) is 3.58. The van der Waals surface area contributed by atoms with E-state index in [9.17, 15) is 9.59 Å². The highest BCUT2D eigenvalue weighted by Crippen LogP contribution is 2.16. The molecule has 0 unspecified atom stereocenters. The number of nitrogens with one attached hydrogen (secondary N) is 1. The molecule has 0 radical (unpaired) electrons. The molecular weight excluding hydrogens is 288 g/mol. The Labute approximate surface area is 137 Å². The molecule has 2 rings (SSSR count). The lowest BCUT2D eigenvalue weighted by Gasteiger charge is -2.35. The lowest BCUT2D eigenvalue weighted by molar-refractivity contribution is 0.0358. The Bertz CT molecular complexity index is 703. The first-order valence-corrected chi connectivity index (χ1v) is 7.56. The standard InChI is InChI=1S/C19H22N2O2/c1-14-9-8-12-16(13-14)17(22)20-21(19(2,3)4)18(23)15-10-6-5-7-11-15/h5-13H,1-4H3,(H,20,22). The van der Waals surface area contributed by atoms with Crippen LogP contribution in [-0.2, 0) is 0 Å². The van der Waals surface area contributed by atoms with Gasteiger partial charge in [0.05, 0.1) is 5.54 Å². The van der Waals surface area contributed by atoms with Crippen molar-refractivity contribution in [2.75, 3.05) is 0 Å². The largest absolute Gasteiger partial charge is 0.272 e. The van der Waals surface area contributed by atoms with Crippen LogP contribution in [0.3, 0.4) is 0 Å². The topological polar surface area (TPSA) is 49.4 Å². The molecule has 0 aromatic heterocycles. The molecule has 0 aliphatic carbocycles. The Morgan fingerprint density at radius 3 is 2.09 bits per heavy atom. The van der Waals surface area contributed by atoms with Gasteiger partial charge >= 0.3 is 0 Å². The first-order chi connectivity index (χ1) is 10.8. The van der Waals surface area contributed by atoms with Gasteiger partial charge in [-0.15, -0.1) is 0 Å². The highest BCUT2D eigenvalue weighted by Gasteiger charge is 2.29. The summed E-state index contributed by atoms with van der Waals surface area (Å²) in [5.41, 5.74) is 4.25. The molecule has 0 aliphatic heterocycles. The van der Waals surface area contributed by atoms with Gasteiger partial charge in [0, 0.05) is 11.1 Å². The van der Waals surface area contributed by atoms with E-state index < -0.39 is 5.54 Å². The summed E-state index contributed by atoms with van der Waals surface area (Å²) < 4.78 is 0. The van der Waals surface area contributed by atoms with Crippen LogP contribution in [0.15, 0.2) is 54.6 Å². The molecule has 0 heterocycles. The molecule has 2 amide bonds. The number of carbonyl (C=O) groups is 2. The maximum Gasteiger partial charge on any atom is 0.272 e. The van der Waals surface area contributed by atoms with Crippen molar-refractivity contribution in [3.63, 3.8) is 0 Å². The zero-order valence-electron chi connectivity index (χ0n) is 14.0. The van der Waals surface area contributed by atoms with Crippen LogP contribution in [0.5, 0.6) is 0 Å². The van der Waals surface area contributed by atoms with E-state index in [0.29, 0.717) is 11.1 Å². The maximum atomic E-state index is 12.7. The van der Waals surface area contributed by atoms with Gasteiger partial charge in [0.25, 0.3) is 11.8 Å². The second kappa shape index (κ2) is 6.65. The van der Waals surface area contributed by atoms with Crippen LogP contribution in [0.2, 0.25) is 0 Å². The fourth-order valence-corrected chi connectivity index (χ4v) is 2.19. The molecule has 2 aromatic carbocycles. The van der Waals surface area contributed by atoms with E-state index in [1.807, 2.05) is 45.9 Å². The van der Waals surface area contributed by atoms with Crippen molar-refractivity contribution in [2.24, 2.45) is 0 Å². The summed E-state index contributed by atoms with van der Waals surface area (Å²) in [6.07, 6.45) is 0. The second-order valence-electron chi connectivity index (χ2n) is 6.49. The van der Waals surface area contributed by atoms with Gasteiger partial charge < -0.3 is 0 Å². The molecule has 2 aromatic rings. The fourth-order valence-electron chi connectivity index (χ4n) is 2.19. The number of rotatable bonds is 2. The van der Waals surface area contributed by atoms with Crippen molar-refractivity contribution in [3.05, 3.63) is 71.3 Å². The van der Waals surface area contributed by atoms with Gasteiger partial charge in [0.15, 0.2) is 0 Å². The number of benzene rings is 2. The van der Waals surface area contributed by atoms with Crippen LogP contribution in [0, 0.1) is 6.92 Å². The highest BCUT2D eigenvalue weighted by atomic mass is 16.2. The molecule has 1 N–H and O–H groups in total. The minimum atomic E-state index is -0.549. The monoisotopic (exact) mass is 310 g/mol. The minimum absolute atomic E-state index is 0.237. The summed E-state index contributed by atoms with van der Waals surface area (Å²) in [6.45, 7) is 7.56.